The fourth-order valence-corrected chi connectivity index (χ4v) is 3.63. The third-order valence-corrected chi connectivity index (χ3v) is 5.12. The summed E-state index contributed by atoms with van der Waals surface area (Å²) in [5.41, 5.74) is 1.26. The number of aryl methyl sites for hydroxylation is 1. The van der Waals surface area contributed by atoms with E-state index in [1.807, 2.05) is 37.3 Å². The third kappa shape index (κ3) is 3.08. The highest BCUT2D eigenvalue weighted by molar-refractivity contribution is 6.18. The summed E-state index contributed by atoms with van der Waals surface area (Å²) < 4.78 is 23.3. The van der Waals surface area contributed by atoms with Crippen molar-refractivity contribution in [1.82, 2.24) is 9.78 Å². The van der Waals surface area contributed by atoms with Crippen molar-refractivity contribution in [1.29, 1.82) is 0 Å². The Bertz CT molecular complexity index is 1280. The average Bonchev–Trinajstić information content (AvgIpc) is 3.22. The van der Waals surface area contributed by atoms with E-state index in [1.54, 1.807) is 40.7 Å². The zero-order valence-electron chi connectivity index (χ0n) is 17.5. The lowest BCUT2D eigenvalue weighted by atomic mass is 9.95. The molecule has 0 fully saturated rings. The third-order valence-electron chi connectivity index (χ3n) is 5.12. The van der Waals surface area contributed by atoms with Gasteiger partial charge in [-0.1, -0.05) is 0 Å². The molecular weight excluding hydrogens is 384 g/mol. The van der Waals surface area contributed by atoms with E-state index in [4.69, 9.17) is 18.9 Å². The van der Waals surface area contributed by atoms with Crippen LogP contribution in [0.25, 0.3) is 21.5 Å². The second-order valence-electron chi connectivity index (χ2n) is 6.81. The second kappa shape index (κ2) is 7.59. The van der Waals surface area contributed by atoms with Crippen molar-refractivity contribution >= 4 is 27.5 Å². The first-order chi connectivity index (χ1) is 14.5. The van der Waals surface area contributed by atoms with Gasteiger partial charge >= 0.3 is 0 Å². The van der Waals surface area contributed by atoms with Crippen LogP contribution in [0.5, 0.6) is 23.0 Å². The summed E-state index contributed by atoms with van der Waals surface area (Å²) >= 11 is 0. The van der Waals surface area contributed by atoms with Crippen molar-refractivity contribution in [2.24, 2.45) is 0 Å². The maximum Gasteiger partial charge on any atom is 0.278 e. The van der Waals surface area contributed by atoms with Crippen LogP contribution in [0.4, 0.5) is 0 Å². The van der Waals surface area contributed by atoms with Crippen LogP contribution in [-0.4, -0.2) is 44.1 Å². The Labute approximate surface area is 173 Å². The summed E-state index contributed by atoms with van der Waals surface area (Å²) in [6.45, 7) is 1.84. The SMILES string of the molecule is COc1cc2cc(C(=O)n3ccc(C)n3)c3cc(OC)c(OC)cc3c2cc1OC. The Balaban J connectivity index is 2.11. The first-order valence-electron chi connectivity index (χ1n) is 9.32. The van der Waals surface area contributed by atoms with Crippen molar-refractivity contribution in [3.8, 4) is 23.0 Å². The van der Waals surface area contributed by atoms with Gasteiger partial charge in [0.2, 0.25) is 0 Å². The van der Waals surface area contributed by atoms with Crippen molar-refractivity contribution in [3.05, 3.63) is 53.9 Å². The van der Waals surface area contributed by atoms with Crippen molar-refractivity contribution in [2.45, 2.75) is 6.92 Å². The van der Waals surface area contributed by atoms with Gasteiger partial charge in [-0.25, -0.2) is 4.68 Å². The smallest absolute Gasteiger partial charge is 0.278 e. The maximum absolute atomic E-state index is 13.3. The van der Waals surface area contributed by atoms with Crippen molar-refractivity contribution < 1.29 is 23.7 Å². The molecule has 3 aromatic carbocycles. The van der Waals surface area contributed by atoms with E-state index in [-0.39, 0.29) is 5.91 Å². The van der Waals surface area contributed by atoms with Gasteiger partial charge in [-0.15, -0.1) is 0 Å². The molecule has 0 aliphatic carbocycles. The van der Waals surface area contributed by atoms with Crippen LogP contribution in [0.2, 0.25) is 0 Å². The first-order valence-corrected chi connectivity index (χ1v) is 9.32. The number of hydrogen-bond donors (Lipinski definition) is 0. The zero-order chi connectivity index (χ0) is 21.4. The fraction of sp³-hybridized carbons (Fsp3) is 0.217. The van der Waals surface area contributed by atoms with Crippen LogP contribution >= 0.6 is 0 Å². The number of carbonyl (C=O) groups is 1. The molecule has 30 heavy (non-hydrogen) atoms. The van der Waals surface area contributed by atoms with E-state index in [1.165, 1.54) is 4.68 Å². The molecule has 1 aromatic heterocycles. The minimum absolute atomic E-state index is 0.239. The summed E-state index contributed by atoms with van der Waals surface area (Å²) in [5, 5.41) is 7.57. The molecule has 0 saturated heterocycles. The molecule has 0 aliphatic heterocycles. The summed E-state index contributed by atoms with van der Waals surface area (Å²) in [7, 11) is 6.32. The Morgan fingerprint density at radius 3 is 1.83 bits per heavy atom. The minimum atomic E-state index is -0.239. The second-order valence-corrected chi connectivity index (χ2v) is 6.81. The van der Waals surface area contributed by atoms with Crippen LogP contribution in [0, 0.1) is 6.92 Å². The van der Waals surface area contributed by atoms with Gasteiger partial charge in [0.05, 0.1) is 39.7 Å². The van der Waals surface area contributed by atoms with Crippen molar-refractivity contribution in [2.75, 3.05) is 28.4 Å². The Kier molecular flexibility index (Phi) is 4.95. The summed E-state index contributed by atoms with van der Waals surface area (Å²) in [6, 6.07) is 11.1. The molecule has 1 heterocycles. The van der Waals surface area contributed by atoms with Gasteiger partial charge in [0.15, 0.2) is 23.0 Å². The number of ether oxygens (including phenoxy) is 4. The van der Waals surface area contributed by atoms with Gasteiger partial charge in [-0.2, -0.15) is 5.10 Å². The molecule has 4 aromatic rings. The molecule has 7 heteroatoms. The van der Waals surface area contributed by atoms with E-state index in [9.17, 15) is 4.79 Å². The predicted octanol–water partition coefficient (Wildman–Crippen LogP) is 4.22. The number of nitrogens with zero attached hydrogens (tertiary/aromatic N) is 2. The molecule has 0 amide bonds. The minimum Gasteiger partial charge on any atom is -0.493 e. The van der Waals surface area contributed by atoms with Crippen LogP contribution in [-0.2, 0) is 0 Å². The predicted molar refractivity (Wildman–Crippen MR) is 114 cm³/mol. The molecule has 0 aliphatic rings. The van der Waals surface area contributed by atoms with Crippen LogP contribution in [0.3, 0.4) is 0 Å². The van der Waals surface area contributed by atoms with Gasteiger partial charge in [-0.05, 0) is 64.9 Å². The molecule has 0 bridgehead atoms. The lowest BCUT2D eigenvalue weighted by Gasteiger charge is -2.16. The topological polar surface area (TPSA) is 71.8 Å². The molecule has 7 nitrogen and oxygen atoms in total. The fourth-order valence-electron chi connectivity index (χ4n) is 3.63. The highest BCUT2D eigenvalue weighted by Gasteiger charge is 2.20. The van der Waals surface area contributed by atoms with Gasteiger partial charge in [0.1, 0.15) is 0 Å². The van der Waals surface area contributed by atoms with E-state index < -0.39 is 0 Å². The highest BCUT2D eigenvalue weighted by Crippen LogP contribution is 2.41. The number of rotatable bonds is 5. The molecule has 0 radical (unpaired) electrons. The average molecular weight is 406 g/mol. The lowest BCUT2D eigenvalue weighted by Crippen LogP contribution is -2.13. The molecule has 0 atom stereocenters. The number of fused-ring (bicyclic) bond motifs is 3. The van der Waals surface area contributed by atoms with E-state index in [2.05, 4.69) is 5.10 Å². The highest BCUT2D eigenvalue weighted by atomic mass is 16.5. The zero-order valence-corrected chi connectivity index (χ0v) is 17.5. The molecule has 4 rings (SSSR count). The Hall–Kier alpha value is -3.74. The van der Waals surface area contributed by atoms with Gasteiger partial charge in [0, 0.05) is 6.20 Å². The normalized spacial score (nSPS) is 11.0. The number of hydrogen-bond acceptors (Lipinski definition) is 6. The van der Waals surface area contributed by atoms with Gasteiger partial charge in [0.25, 0.3) is 5.91 Å². The summed E-state index contributed by atoms with van der Waals surface area (Å²) in [5.74, 6) is 2.05. The monoisotopic (exact) mass is 406 g/mol. The Morgan fingerprint density at radius 1 is 0.767 bits per heavy atom. The first kappa shape index (κ1) is 19.6. The van der Waals surface area contributed by atoms with Gasteiger partial charge < -0.3 is 18.9 Å². The molecular formula is C23H22N2O5. The number of benzene rings is 3. The maximum atomic E-state index is 13.3. The lowest BCUT2D eigenvalue weighted by molar-refractivity contribution is 0.0946. The van der Waals surface area contributed by atoms with Gasteiger partial charge in [-0.3, -0.25) is 4.79 Å². The van der Waals surface area contributed by atoms with Crippen LogP contribution in [0.15, 0.2) is 42.6 Å². The van der Waals surface area contributed by atoms with E-state index in [0.29, 0.717) is 28.6 Å². The molecule has 0 N–H and O–H groups in total. The summed E-state index contributed by atoms with van der Waals surface area (Å²) in [6.07, 6.45) is 1.66. The standard InChI is InChI=1S/C23H22N2O5/c1-13-6-7-25(24-13)23(26)18-8-14-9-19(27-2)20(28-3)10-15(14)16-11-21(29-4)22(30-5)12-17(16)18/h6-12H,1-5H3. The number of carbonyl (C=O) groups excluding carboxylic acids is 1. The molecule has 0 saturated carbocycles. The summed E-state index contributed by atoms with van der Waals surface area (Å²) in [4.78, 5) is 13.3. The Morgan fingerprint density at radius 2 is 1.30 bits per heavy atom. The molecule has 154 valence electrons. The molecule has 0 unspecified atom stereocenters. The van der Waals surface area contributed by atoms with E-state index >= 15 is 0 Å². The van der Waals surface area contributed by atoms with E-state index in [0.717, 1.165) is 27.2 Å². The van der Waals surface area contributed by atoms with Crippen molar-refractivity contribution in [3.63, 3.8) is 0 Å². The molecule has 0 spiro atoms. The number of aromatic nitrogens is 2. The largest absolute Gasteiger partial charge is 0.493 e. The quantitative estimate of drug-likeness (QED) is 0.462. The van der Waals surface area contributed by atoms with Crippen LogP contribution < -0.4 is 18.9 Å². The number of methoxy groups -OCH3 is 4. The van der Waals surface area contributed by atoms with Crippen LogP contribution in [0.1, 0.15) is 16.1 Å².